The second-order valence-electron chi connectivity index (χ2n) is 5.12. The van der Waals surface area contributed by atoms with E-state index >= 15 is 0 Å². The normalized spacial score (nSPS) is 19.6. The fourth-order valence-corrected chi connectivity index (χ4v) is 2.63. The Morgan fingerprint density at radius 1 is 1.50 bits per heavy atom. The van der Waals surface area contributed by atoms with Crippen molar-refractivity contribution in [1.29, 1.82) is 0 Å². The number of amides is 1. The number of hydrogen-bond acceptors (Lipinski definition) is 4. The standard InChI is InChI=1S/C14H21ClN4O/c1-16-12-7-6-11(15)13(18-12)14(20)17-9-10-5-3-4-8-19(10)2/h6-7,10H,3-5,8-9H2,1-2H3,(H,16,18)(H,17,20). The summed E-state index contributed by atoms with van der Waals surface area (Å²) >= 11 is 6.04. The van der Waals surface area contributed by atoms with Crippen molar-refractivity contribution in [2.75, 3.05) is 32.5 Å². The van der Waals surface area contributed by atoms with Crippen LogP contribution in [0.15, 0.2) is 12.1 Å². The van der Waals surface area contributed by atoms with Crippen LogP contribution in [0.4, 0.5) is 5.82 Å². The average molecular weight is 297 g/mol. The number of carbonyl (C=O) groups is 1. The van der Waals surface area contributed by atoms with E-state index in [0.717, 1.165) is 13.0 Å². The highest BCUT2D eigenvalue weighted by Crippen LogP contribution is 2.17. The number of carbonyl (C=O) groups excluding carboxylic acids is 1. The van der Waals surface area contributed by atoms with Gasteiger partial charge in [0.25, 0.3) is 5.91 Å². The minimum Gasteiger partial charge on any atom is -0.373 e. The molecule has 1 unspecified atom stereocenters. The number of hydrogen-bond donors (Lipinski definition) is 2. The summed E-state index contributed by atoms with van der Waals surface area (Å²) in [5.41, 5.74) is 0.275. The second-order valence-corrected chi connectivity index (χ2v) is 5.52. The van der Waals surface area contributed by atoms with Crippen LogP contribution in [-0.4, -0.2) is 49.0 Å². The molecule has 5 nitrogen and oxygen atoms in total. The number of rotatable bonds is 4. The first kappa shape index (κ1) is 15.1. The molecule has 1 aromatic rings. The van der Waals surface area contributed by atoms with Crippen molar-refractivity contribution in [1.82, 2.24) is 15.2 Å². The van der Waals surface area contributed by atoms with Gasteiger partial charge in [-0.3, -0.25) is 4.79 Å². The molecular weight excluding hydrogens is 276 g/mol. The van der Waals surface area contributed by atoms with E-state index in [0.29, 0.717) is 23.4 Å². The molecule has 1 amide bonds. The average Bonchev–Trinajstić information content (AvgIpc) is 2.46. The van der Waals surface area contributed by atoms with E-state index in [4.69, 9.17) is 11.6 Å². The number of aromatic nitrogens is 1. The van der Waals surface area contributed by atoms with Crippen LogP contribution in [0.3, 0.4) is 0 Å². The molecule has 0 spiro atoms. The smallest absolute Gasteiger partial charge is 0.271 e. The molecular formula is C14H21ClN4O. The highest BCUT2D eigenvalue weighted by molar-refractivity contribution is 6.33. The summed E-state index contributed by atoms with van der Waals surface area (Å²) in [5.74, 6) is 0.417. The van der Waals surface area contributed by atoms with Crippen LogP contribution in [0.2, 0.25) is 5.02 Å². The van der Waals surface area contributed by atoms with Gasteiger partial charge in [0.05, 0.1) is 5.02 Å². The van der Waals surface area contributed by atoms with E-state index in [-0.39, 0.29) is 11.6 Å². The monoisotopic (exact) mass is 296 g/mol. The van der Waals surface area contributed by atoms with E-state index in [1.165, 1.54) is 12.8 Å². The van der Waals surface area contributed by atoms with Gasteiger partial charge in [0, 0.05) is 19.6 Å². The summed E-state index contributed by atoms with van der Waals surface area (Å²) in [4.78, 5) is 18.7. The zero-order valence-electron chi connectivity index (χ0n) is 11.9. The van der Waals surface area contributed by atoms with Crippen molar-refractivity contribution in [2.24, 2.45) is 0 Å². The molecule has 2 N–H and O–H groups in total. The molecule has 6 heteroatoms. The Labute approximate surface area is 124 Å². The van der Waals surface area contributed by atoms with Gasteiger partial charge in [-0.05, 0) is 38.6 Å². The predicted molar refractivity (Wildman–Crippen MR) is 81.4 cm³/mol. The van der Waals surface area contributed by atoms with Crippen LogP contribution in [0.1, 0.15) is 29.8 Å². The van der Waals surface area contributed by atoms with Crippen LogP contribution in [0.25, 0.3) is 0 Å². The molecule has 2 rings (SSSR count). The SMILES string of the molecule is CNc1ccc(Cl)c(C(=O)NCC2CCCCN2C)n1. The van der Waals surface area contributed by atoms with E-state index in [1.54, 1.807) is 19.2 Å². The van der Waals surface area contributed by atoms with Gasteiger partial charge in [0.15, 0.2) is 0 Å². The maximum atomic E-state index is 12.2. The molecule has 1 atom stereocenters. The summed E-state index contributed by atoms with van der Waals surface area (Å²) in [7, 11) is 3.86. The summed E-state index contributed by atoms with van der Waals surface area (Å²) < 4.78 is 0. The molecule has 0 aliphatic carbocycles. The van der Waals surface area contributed by atoms with Crippen molar-refractivity contribution in [3.63, 3.8) is 0 Å². The van der Waals surface area contributed by atoms with E-state index < -0.39 is 0 Å². The number of halogens is 1. The van der Waals surface area contributed by atoms with Crippen molar-refractivity contribution in [3.05, 3.63) is 22.8 Å². The molecule has 1 aliphatic heterocycles. The lowest BCUT2D eigenvalue weighted by molar-refractivity contribution is 0.0924. The molecule has 1 fully saturated rings. The lowest BCUT2D eigenvalue weighted by Gasteiger charge is -2.32. The minimum absolute atomic E-state index is 0.217. The molecule has 2 heterocycles. The molecule has 1 aliphatic rings. The maximum Gasteiger partial charge on any atom is 0.271 e. The molecule has 0 radical (unpaired) electrons. The zero-order chi connectivity index (χ0) is 14.5. The fraction of sp³-hybridized carbons (Fsp3) is 0.571. The Morgan fingerprint density at radius 2 is 2.30 bits per heavy atom. The fourth-order valence-electron chi connectivity index (χ4n) is 2.44. The van der Waals surface area contributed by atoms with Crippen LogP contribution in [-0.2, 0) is 0 Å². The molecule has 0 aromatic carbocycles. The predicted octanol–water partition coefficient (Wildman–Crippen LogP) is 1.99. The highest BCUT2D eigenvalue weighted by atomic mass is 35.5. The molecule has 110 valence electrons. The number of anilines is 1. The maximum absolute atomic E-state index is 12.2. The number of likely N-dealkylation sites (N-methyl/N-ethyl adjacent to an activating group) is 1. The summed E-state index contributed by atoms with van der Waals surface area (Å²) in [6.07, 6.45) is 3.58. The third-order valence-electron chi connectivity index (χ3n) is 3.74. The van der Waals surface area contributed by atoms with Crippen LogP contribution in [0, 0.1) is 0 Å². The van der Waals surface area contributed by atoms with Gasteiger partial charge in [0.1, 0.15) is 11.5 Å². The summed E-state index contributed by atoms with van der Waals surface area (Å²) in [6, 6.07) is 3.83. The highest BCUT2D eigenvalue weighted by Gasteiger charge is 2.20. The Kier molecular flexibility index (Phi) is 5.20. The minimum atomic E-state index is -0.217. The number of likely N-dealkylation sites (tertiary alicyclic amines) is 1. The molecule has 1 saturated heterocycles. The van der Waals surface area contributed by atoms with Crippen LogP contribution in [0.5, 0.6) is 0 Å². The van der Waals surface area contributed by atoms with Gasteiger partial charge in [-0.2, -0.15) is 0 Å². The first-order valence-corrected chi connectivity index (χ1v) is 7.32. The number of pyridine rings is 1. The molecule has 1 aromatic heterocycles. The van der Waals surface area contributed by atoms with E-state index in [9.17, 15) is 4.79 Å². The second kappa shape index (κ2) is 6.90. The quantitative estimate of drug-likeness (QED) is 0.892. The van der Waals surface area contributed by atoms with Gasteiger partial charge >= 0.3 is 0 Å². The topological polar surface area (TPSA) is 57.3 Å². The number of nitrogens with one attached hydrogen (secondary N) is 2. The van der Waals surface area contributed by atoms with Crippen molar-refractivity contribution in [3.8, 4) is 0 Å². The van der Waals surface area contributed by atoms with Gasteiger partial charge in [0.2, 0.25) is 0 Å². The Morgan fingerprint density at radius 3 is 3.00 bits per heavy atom. The van der Waals surface area contributed by atoms with Crippen molar-refractivity contribution >= 4 is 23.3 Å². The van der Waals surface area contributed by atoms with Crippen LogP contribution >= 0.6 is 11.6 Å². The Bertz CT molecular complexity index is 480. The zero-order valence-corrected chi connectivity index (χ0v) is 12.7. The van der Waals surface area contributed by atoms with Crippen molar-refractivity contribution in [2.45, 2.75) is 25.3 Å². The number of nitrogens with zero attached hydrogens (tertiary/aromatic N) is 2. The lowest BCUT2D eigenvalue weighted by Crippen LogP contribution is -2.44. The van der Waals surface area contributed by atoms with Gasteiger partial charge in [-0.1, -0.05) is 18.0 Å². The Hall–Kier alpha value is -1.33. The van der Waals surface area contributed by atoms with Crippen LogP contribution < -0.4 is 10.6 Å². The molecule has 20 heavy (non-hydrogen) atoms. The largest absolute Gasteiger partial charge is 0.373 e. The number of piperidine rings is 1. The van der Waals surface area contributed by atoms with Crippen molar-refractivity contribution < 1.29 is 4.79 Å². The first-order valence-electron chi connectivity index (χ1n) is 6.94. The first-order chi connectivity index (χ1) is 9.61. The molecule has 0 saturated carbocycles. The van der Waals surface area contributed by atoms with E-state index in [1.807, 2.05) is 0 Å². The summed E-state index contributed by atoms with van der Waals surface area (Å²) in [6.45, 7) is 1.73. The van der Waals surface area contributed by atoms with Gasteiger partial charge < -0.3 is 15.5 Å². The Balaban J connectivity index is 1.97. The third kappa shape index (κ3) is 3.61. The van der Waals surface area contributed by atoms with Gasteiger partial charge in [-0.15, -0.1) is 0 Å². The van der Waals surface area contributed by atoms with E-state index in [2.05, 4.69) is 27.6 Å². The lowest BCUT2D eigenvalue weighted by atomic mass is 10.0. The molecule has 0 bridgehead atoms. The summed E-state index contributed by atoms with van der Waals surface area (Å²) in [5, 5.41) is 6.21. The third-order valence-corrected chi connectivity index (χ3v) is 4.04. The van der Waals surface area contributed by atoms with Gasteiger partial charge in [-0.25, -0.2) is 4.98 Å².